The van der Waals surface area contributed by atoms with E-state index in [1.165, 1.54) is 7.11 Å². The smallest absolute Gasteiger partial charge is 0.310 e. The summed E-state index contributed by atoms with van der Waals surface area (Å²) in [6, 6.07) is 8.26. The van der Waals surface area contributed by atoms with Crippen molar-refractivity contribution in [3.05, 3.63) is 52.7 Å². The number of benzene rings is 2. The second kappa shape index (κ2) is 5.81. The molecule has 0 radical (unpaired) electrons. The van der Waals surface area contributed by atoms with Crippen LogP contribution in [0.4, 0.5) is 11.4 Å². The van der Waals surface area contributed by atoms with E-state index in [0.29, 0.717) is 11.2 Å². The van der Waals surface area contributed by atoms with E-state index in [-0.39, 0.29) is 16.3 Å². The fraction of sp³-hybridized carbons (Fsp3) is 0.0714. The van der Waals surface area contributed by atoms with Gasteiger partial charge in [0.15, 0.2) is 5.75 Å². The summed E-state index contributed by atoms with van der Waals surface area (Å²) in [5, 5.41) is 18.3. The number of methoxy groups -OCH3 is 1. The van der Waals surface area contributed by atoms with Crippen LogP contribution in [0.15, 0.2) is 47.5 Å². The van der Waals surface area contributed by atoms with Crippen LogP contribution in [0.2, 0.25) is 0 Å². The first-order chi connectivity index (χ1) is 11.4. The maximum absolute atomic E-state index is 12.5. The molecule has 0 aliphatic heterocycles. The second-order valence-electron chi connectivity index (χ2n) is 4.87. The molecule has 0 fully saturated rings. The van der Waals surface area contributed by atoms with Crippen molar-refractivity contribution < 1.29 is 18.1 Å². The lowest BCUT2D eigenvalue weighted by atomic mass is 10.2. The summed E-state index contributed by atoms with van der Waals surface area (Å²) in [6.07, 6.45) is 1.62. The average molecular weight is 348 g/mol. The summed E-state index contributed by atoms with van der Waals surface area (Å²) in [4.78, 5) is 10.1. The zero-order chi connectivity index (χ0) is 17.3. The number of nitrogens with zero attached hydrogens (tertiary/aromatic N) is 2. The number of aromatic amines is 1. The Kier molecular flexibility index (Phi) is 3.81. The van der Waals surface area contributed by atoms with Gasteiger partial charge in [0.05, 0.1) is 34.3 Å². The largest absolute Gasteiger partial charge is 0.490 e. The fourth-order valence-corrected chi connectivity index (χ4v) is 3.26. The van der Waals surface area contributed by atoms with Gasteiger partial charge in [0.2, 0.25) is 0 Å². The third-order valence-electron chi connectivity index (χ3n) is 3.35. The monoisotopic (exact) mass is 348 g/mol. The lowest BCUT2D eigenvalue weighted by Gasteiger charge is -2.09. The predicted octanol–water partition coefficient (Wildman–Crippen LogP) is 2.28. The molecule has 3 aromatic rings. The number of nitrogens with one attached hydrogen (secondary N) is 2. The standard InChI is InChI=1S/C14H12N4O5S/c1-23-14-7-11(4-5-13(14)18(19)20)24(21,22)17-10-3-2-9-8-15-16-12(9)6-10/h2-8,17H,1H3,(H,15,16). The number of nitro benzene ring substituents is 1. The number of sulfonamides is 1. The van der Waals surface area contributed by atoms with Gasteiger partial charge < -0.3 is 4.74 Å². The molecule has 0 amide bonds. The zero-order valence-corrected chi connectivity index (χ0v) is 13.2. The molecule has 0 unspecified atom stereocenters. The number of rotatable bonds is 5. The minimum atomic E-state index is -3.93. The number of ether oxygens (including phenoxy) is 1. The van der Waals surface area contributed by atoms with Crippen molar-refractivity contribution in [3.63, 3.8) is 0 Å². The molecule has 24 heavy (non-hydrogen) atoms. The molecule has 1 aromatic heterocycles. The number of anilines is 1. The quantitative estimate of drug-likeness (QED) is 0.538. The maximum Gasteiger partial charge on any atom is 0.310 e. The molecule has 0 bridgehead atoms. The Labute approximate surface area is 136 Å². The van der Waals surface area contributed by atoms with E-state index < -0.39 is 14.9 Å². The van der Waals surface area contributed by atoms with Crippen molar-refractivity contribution in [2.45, 2.75) is 4.90 Å². The van der Waals surface area contributed by atoms with Crippen LogP contribution in [0.25, 0.3) is 10.9 Å². The first-order valence-corrected chi connectivity index (χ1v) is 8.17. The summed E-state index contributed by atoms with van der Waals surface area (Å²) in [5.41, 5.74) is 0.705. The highest BCUT2D eigenvalue weighted by atomic mass is 32.2. The molecule has 9 nitrogen and oxygen atoms in total. The number of aromatic nitrogens is 2. The van der Waals surface area contributed by atoms with Crippen LogP contribution in [-0.4, -0.2) is 30.6 Å². The third-order valence-corrected chi connectivity index (χ3v) is 4.73. The van der Waals surface area contributed by atoms with E-state index in [1.54, 1.807) is 24.4 Å². The number of nitro groups is 1. The molecular formula is C14H12N4O5S. The van der Waals surface area contributed by atoms with E-state index in [2.05, 4.69) is 14.9 Å². The number of hydrogen-bond acceptors (Lipinski definition) is 6. The van der Waals surface area contributed by atoms with Crippen molar-refractivity contribution in [1.82, 2.24) is 10.2 Å². The lowest BCUT2D eigenvalue weighted by molar-refractivity contribution is -0.385. The zero-order valence-electron chi connectivity index (χ0n) is 12.4. The molecule has 0 aliphatic carbocycles. The topological polar surface area (TPSA) is 127 Å². The number of hydrogen-bond donors (Lipinski definition) is 2. The Morgan fingerprint density at radius 3 is 2.75 bits per heavy atom. The predicted molar refractivity (Wildman–Crippen MR) is 86.6 cm³/mol. The number of H-pyrrole nitrogens is 1. The Hall–Kier alpha value is -3.14. The fourth-order valence-electron chi connectivity index (χ4n) is 2.19. The molecule has 1 heterocycles. The van der Waals surface area contributed by atoms with Gasteiger partial charge >= 0.3 is 5.69 Å². The summed E-state index contributed by atoms with van der Waals surface area (Å²) in [5.74, 6) is -0.133. The minimum Gasteiger partial charge on any atom is -0.490 e. The molecule has 124 valence electrons. The highest BCUT2D eigenvalue weighted by Crippen LogP contribution is 2.30. The number of fused-ring (bicyclic) bond motifs is 1. The molecule has 0 saturated carbocycles. The van der Waals surface area contributed by atoms with Crippen LogP contribution in [-0.2, 0) is 10.0 Å². The van der Waals surface area contributed by atoms with E-state index in [1.807, 2.05) is 0 Å². The maximum atomic E-state index is 12.5. The lowest BCUT2D eigenvalue weighted by Crippen LogP contribution is -2.13. The van der Waals surface area contributed by atoms with Gasteiger partial charge in [-0.05, 0) is 24.3 Å². The van der Waals surface area contributed by atoms with Crippen molar-refractivity contribution in [2.24, 2.45) is 0 Å². The molecule has 0 aliphatic rings. The molecule has 0 spiro atoms. The Balaban J connectivity index is 1.96. The SMILES string of the molecule is COc1cc(S(=O)(=O)Nc2ccc3cn[nH]c3c2)ccc1[N+](=O)[O-]. The van der Waals surface area contributed by atoms with Crippen molar-refractivity contribution >= 4 is 32.3 Å². The van der Waals surface area contributed by atoms with Gasteiger partial charge in [-0.2, -0.15) is 5.10 Å². The van der Waals surface area contributed by atoms with Crippen molar-refractivity contribution in [3.8, 4) is 5.75 Å². The van der Waals surface area contributed by atoms with E-state index in [0.717, 1.165) is 23.6 Å². The van der Waals surface area contributed by atoms with Crippen molar-refractivity contribution in [1.29, 1.82) is 0 Å². The van der Waals surface area contributed by atoms with Gasteiger partial charge in [-0.3, -0.25) is 19.9 Å². The van der Waals surface area contributed by atoms with Crippen molar-refractivity contribution in [2.75, 3.05) is 11.8 Å². The Bertz CT molecular complexity index is 1030. The molecule has 3 rings (SSSR count). The molecule has 10 heteroatoms. The van der Waals surface area contributed by atoms with Crippen LogP contribution >= 0.6 is 0 Å². The van der Waals surface area contributed by atoms with Crippen LogP contribution in [0.5, 0.6) is 5.75 Å². The van der Waals surface area contributed by atoms with Gasteiger partial charge in [0.25, 0.3) is 10.0 Å². The summed E-state index contributed by atoms with van der Waals surface area (Å²) < 4.78 is 32.2. The normalized spacial score (nSPS) is 11.4. The van der Waals surface area contributed by atoms with E-state index in [4.69, 9.17) is 4.74 Å². The van der Waals surface area contributed by atoms with Crippen LogP contribution in [0.1, 0.15) is 0 Å². The second-order valence-corrected chi connectivity index (χ2v) is 6.55. The summed E-state index contributed by atoms with van der Waals surface area (Å²) in [7, 11) is -2.69. The highest BCUT2D eigenvalue weighted by molar-refractivity contribution is 7.92. The Morgan fingerprint density at radius 1 is 1.25 bits per heavy atom. The van der Waals surface area contributed by atoms with Crippen LogP contribution in [0, 0.1) is 10.1 Å². The van der Waals surface area contributed by atoms with Gasteiger partial charge in [-0.1, -0.05) is 0 Å². The van der Waals surface area contributed by atoms with Crippen LogP contribution in [0.3, 0.4) is 0 Å². The molecular weight excluding hydrogens is 336 g/mol. The molecule has 0 atom stereocenters. The van der Waals surface area contributed by atoms with E-state index in [9.17, 15) is 18.5 Å². The molecule has 2 N–H and O–H groups in total. The molecule has 0 saturated heterocycles. The van der Waals surface area contributed by atoms with Gasteiger partial charge in [0.1, 0.15) is 0 Å². The minimum absolute atomic E-state index is 0.133. The molecule has 2 aromatic carbocycles. The average Bonchev–Trinajstić information content (AvgIpc) is 3.01. The van der Waals surface area contributed by atoms with Gasteiger partial charge in [0, 0.05) is 17.5 Å². The Morgan fingerprint density at radius 2 is 2.04 bits per heavy atom. The summed E-state index contributed by atoms with van der Waals surface area (Å²) in [6.45, 7) is 0. The third kappa shape index (κ3) is 2.86. The van der Waals surface area contributed by atoms with Gasteiger partial charge in [-0.25, -0.2) is 8.42 Å². The first-order valence-electron chi connectivity index (χ1n) is 6.69. The van der Waals surface area contributed by atoms with Crippen LogP contribution < -0.4 is 9.46 Å². The highest BCUT2D eigenvalue weighted by Gasteiger charge is 2.21. The summed E-state index contributed by atoms with van der Waals surface area (Å²) >= 11 is 0. The van der Waals surface area contributed by atoms with E-state index >= 15 is 0 Å². The first kappa shape index (κ1) is 15.7. The van der Waals surface area contributed by atoms with Gasteiger partial charge in [-0.15, -0.1) is 0 Å².